The van der Waals surface area contributed by atoms with Crippen LogP contribution in [0.1, 0.15) is 5.56 Å². The summed E-state index contributed by atoms with van der Waals surface area (Å²) in [5.41, 5.74) is -1.52. The third-order valence-electron chi connectivity index (χ3n) is 5.99. The number of imide groups is 1. The number of halogens is 1. The van der Waals surface area contributed by atoms with E-state index in [1.165, 1.54) is 28.8 Å². The van der Waals surface area contributed by atoms with E-state index in [0.29, 0.717) is 12.0 Å². The minimum absolute atomic E-state index is 0.181. The van der Waals surface area contributed by atoms with E-state index in [1.807, 2.05) is 0 Å². The van der Waals surface area contributed by atoms with Gasteiger partial charge in [0.2, 0.25) is 0 Å². The predicted molar refractivity (Wildman–Crippen MR) is 128 cm³/mol. The fourth-order valence-electron chi connectivity index (χ4n) is 4.08. The van der Waals surface area contributed by atoms with Crippen LogP contribution in [0.2, 0.25) is 25.7 Å². The molecule has 1 atom stereocenters. The van der Waals surface area contributed by atoms with Gasteiger partial charge in [-0.1, -0.05) is 37.8 Å². The predicted octanol–water partition coefficient (Wildman–Crippen LogP) is 3.95. The molecular formula is C24H28FN3O5Si. The monoisotopic (exact) mass is 485 g/mol. The maximum Gasteiger partial charge on any atom is 0.327 e. The number of carbonyl (C=O) groups is 2. The fraction of sp³-hybridized carbons (Fsp3) is 0.333. The Bertz CT molecular complexity index is 1260. The molecule has 0 radical (unpaired) electrons. The molecule has 34 heavy (non-hydrogen) atoms. The number of hydrogen-bond acceptors (Lipinski definition) is 5. The van der Waals surface area contributed by atoms with Crippen molar-refractivity contribution in [1.29, 1.82) is 0 Å². The number of carbonyl (C=O) groups excluding carboxylic acids is 2. The minimum atomic E-state index is -1.70. The number of fused-ring (bicyclic) bond motifs is 1. The van der Waals surface area contributed by atoms with Crippen LogP contribution in [-0.4, -0.2) is 53.0 Å². The number of aromatic hydroxyl groups is 2. The first kappa shape index (κ1) is 23.8. The normalized spacial score (nSPS) is 18.6. The van der Waals surface area contributed by atoms with E-state index in [0.717, 1.165) is 10.9 Å². The maximum absolute atomic E-state index is 13.7. The Morgan fingerprint density at radius 1 is 1.12 bits per heavy atom. The fourth-order valence-corrected chi connectivity index (χ4v) is 4.84. The van der Waals surface area contributed by atoms with Gasteiger partial charge in [-0.15, -0.1) is 0 Å². The first-order valence-corrected chi connectivity index (χ1v) is 14.7. The molecule has 1 aromatic heterocycles. The van der Waals surface area contributed by atoms with Crippen LogP contribution in [0.5, 0.6) is 11.6 Å². The van der Waals surface area contributed by atoms with Crippen molar-refractivity contribution in [3.05, 3.63) is 60.0 Å². The molecule has 2 heterocycles. The van der Waals surface area contributed by atoms with Crippen LogP contribution in [0, 0.1) is 5.82 Å². The molecule has 180 valence electrons. The Kier molecular flexibility index (Phi) is 6.13. The molecule has 0 saturated carbocycles. The highest BCUT2D eigenvalue weighted by Crippen LogP contribution is 2.38. The first-order valence-electron chi connectivity index (χ1n) is 11.0. The van der Waals surface area contributed by atoms with Gasteiger partial charge in [-0.25, -0.2) is 14.1 Å². The van der Waals surface area contributed by atoms with Crippen molar-refractivity contribution in [2.75, 3.05) is 13.3 Å². The summed E-state index contributed by atoms with van der Waals surface area (Å²) in [5.74, 6) is -1.56. The van der Waals surface area contributed by atoms with E-state index in [9.17, 15) is 24.2 Å². The maximum atomic E-state index is 13.7. The minimum Gasteiger partial charge on any atom is -0.508 e. The number of para-hydroxylation sites is 1. The van der Waals surface area contributed by atoms with Crippen molar-refractivity contribution >= 4 is 30.8 Å². The summed E-state index contributed by atoms with van der Waals surface area (Å²) < 4.78 is 20.7. The van der Waals surface area contributed by atoms with Crippen LogP contribution in [0.15, 0.2) is 48.7 Å². The number of amides is 3. The Morgan fingerprint density at radius 3 is 2.56 bits per heavy atom. The standard InChI is InChI=1S/C24H28FN3O5Si/c1-34(2,3)11-10-33-15-28-22(31)24(26-23(28)32,19-6-4-5-7-20(19)29)14-27-13-16-8-9-17(25)12-18(16)21(27)30/h4-9,12-13,29-30H,10-11,14-15H2,1-3H3,(H,26,32). The number of aromatic nitrogens is 1. The van der Waals surface area contributed by atoms with Gasteiger partial charge in [0.1, 0.15) is 18.3 Å². The lowest BCUT2D eigenvalue weighted by molar-refractivity contribution is -0.135. The second kappa shape index (κ2) is 8.77. The highest BCUT2D eigenvalue weighted by Gasteiger charge is 2.54. The topological polar surface area (TPSA) is 104 Å². The molecule has 0 bridgehead atoms. The Balaban J connectivity index is 1.70. The summed E-state index contributed by atoms with van der Waals surface area (Å²) >= 11 is 0. The molecular weight excluding hydrogens is 457 g/mol. The zero-order chi connectivity index (χ0) is 24.7. The summed E-state index contributed by atoms with van der Waals surface area (Å²) in [6.45, 7) is 6.58. The van der Waals surface area contributed by atoms with Crippen LogP contribution in [0.4, 0.5) is 9.18 Å². The molecule has 2 aromatic carbocycles. The third kappa shape index (κ3) is 4.38. The number of nitrogens with zero attached hydrogens (tertiary/aromatic N) is 2. The molecule has 3 amide bonds. The highest BCUT2D eigenvalue weighted by atomic mass is 28.3. The molecule has 0 spiro atoms. The zero-order valence-corrected chi connectivity index (χ0v) is 20.3. The Labute approximate surface area is 197 Å². The van der Waals surface area contributed by atoms with E-state index in [1.54, 1.807) is 24.4 Å². The SMILES string of the molecule is C[Si](C)(C)CCOCN1C(=O)NC(Cn2cc3ccc(F)cc3c2O)(c2ccccc2O)C1=O. The lowest BCUT2D eigenvalue weighted by Gasteiger charge is -2.28. The van der Waals surface area contributed by atoms with Gasteiger partial charge < -0.3 is 24.8 Å². The van der Waals surface area contributed by atoms with Crippen molar-refractivity contribution < 1.29 is 28.9 Å². The first-order chi connectivity index (χ1) is 16.0. The van der Waals surface area contributed by atoms with Gasteiger partial charge in [-0.05, 0) is 30.3 Å². The van der Waals surface area contributed by atoms with E-state index >= 15 is 0 Å². The molecule has 1 aliphatic heterocycles. The van der Waals surface area contributed by atoms with E-state index in [4.69, 9.17) is 4.74 Å². The van der Waals surface area contributed by atoms with E-state index < -0.39 is 31.4 Å². The number of hydrogen-bond donors (Lipinski definition) is 3. The van der Waals surface area contributed by atoms with Gasteiger partial charge >= 0.3 is 6.03 Å². The number of phenols is 1. The molecule has 4 rings (SSSR count). The number of benzene rings is 2. The number of phenolic OH excluding ortho intramolecular Hbond substituents is 1. The lowest BCUT2D eigenvalue weighted by atomic mass is 9.88. The van der Waals surface area contributed by atoms with Gasteiger partial charge in [0.25, 0.3) is 5.91 Å². The smallest absolute Gasteiger partial charge is 0.327 e. The molecule has 8 nitrogen and oxygen atoms in total. The van der Waals surface area contributed by atoms with Crippen LogP contribution in [-0.2, 0) is 21.6 Å². The van der Waals surface area contributed by atoms with E-state index in [-0.39, 0.29) is 35.9 Å². The van der Waals surface area contributed by atoms with Crippen LogP contribution >= 0.6 is 0 Å². The van der Waals surface area contributed by atoms with Crippen molar-refractivity contribution in [3.63, 3.8) is 0 Å². The van der Waals surface area contributed by atoms with Gasteiger partial charge in [-0.2, -0.15) is 0 Å². The van der Waals surface area contributed by atoms with Crippen LogP contribution < -0.4 is 5.32 Å². The van der Waals surface area contributed by atoms with Crippen LogP contribution in [0.3, 0.4) is 0 Å². The van der Waals surface area contributed by atoms with Gasteiger partial charge in [0.15, 0.2) is 11.4 Å². The van der Waals surface area contributed by atoms with Crippen molar-refractivity contribution in [1.82, 2.24) is 14.8 Å². The Morgan fingerprint density at radius 2 is 1.85 bits per heavy atom. The molecule has 1 unspecified atom stereocenters. The number of nitrogens with one attached hydrogen (secondary N) is 1. The zero-order valence-electron chi connectivity index (χ0n) is 19.3. The quantitative estimate of drug-likeness (QED) is 0.255. The van der Waals surface area contributed by atoms with Gasteiger partial charge in [0.05, 0.1) is 6.54 Å². The van der Waals surface area contributed by atoms with Gasteiger partial charge in [0, 0.05) is 37.2 Å². The summed E-state index contributed by atoms with van der Waals surface area (Å²) in [4.78, 5) is 27.5. The summed E-state index contributed by atoms with van der Waals surface area (Å²) in [6, 6.07) is 10.4. The summed E-state index contributed by atoms with van der Waals surface area (Å²) in [7, 11) is -1.35. The van der Waals surface area contributed by atoms with Crippen molar-refractivity contribution in [2.45, 2.75) is 37.8 Å². The van der Waals surface area contributed by atoms with E-state index in [2.05, 4.69) is 25.0 Å². The number of ether oxygens (including phenoxy) is 1. The van der Waals surface area contributed by atoms with Crippen molar-refractivity contribution in [2.24, 2.45) is 0 Å². The molecule has 1 fully saturated rings. The lowest BCUT2D eigenvalue weighted by Crippen LogP contribution is -2.47. The number of rotatable bonds is 8. The van der Waals surface area contributed by atoms with Gasteiger partial charge in [-0.3, -0.25) is 4.79 Å². The Hall–Kier alpha value is -3.37. The van der Waals surface area contributed by atoms with Crippen molar-refractivity contribution in [3.8, 4) is 11.6 Å². The molecule has 3 aromatic rings. The molecule has 1 aliphatic rings. The third-order valence-corrected chi connectivity index (χ3v) is 7.69. The molecule has 3 N–H and O–H groups in total. The largest absolute Gasteiger partial charge is 0.508 e. The molecule has 0 aliphatic carbocycles. The molecule has 1 saturated heterocycles. The average Bonchev–Trinajstić information content (AvgIpc) is 3.19. The second-order valence-electron chi connectivity index (χ2n) is 9.75. The summed E-state index contributed by atoms with van der Waals surface area (Å²) in [5, 5.41) is 24.9. The average molecular weight is 486 g/mol. The van der Waals surface area contributed by atoms with Crippen LogP contribution in [0.25, 0.3) is 10.8 Å². The highest BCUT2D eigenvalue weighted by molar-refractivity contribution is 6.76. The number of urea groups is 1. The second-order valence-corrected chi connectivity index (χ2v) is 15.4. The molecule has 10 heteroatoms. The summed E-state index contributed by atoms with van der Waals surface area (Å²) in [6.07, 6.45) is 1.57.